The van der Waals surface area contributed by atoms with E-state index in [2.05, 4.69) is 37.0 Å². The zero-order chi connectivity index (χ0) is 12.6. The second-order valence-corrected chi connectivity index (χ2v) is 4.68. The van der Waals surface area contributed by atoms with Crippen LogP contribution >= 0.6 is 0 Å². The van der Waals surface area contributed by atoms with Gasteiger partial charge in [-0.1, -0.05) is 23.8 Å². The number of aliphatic imine (C=N–C) groups is 1. The lowest BCUT2D eigenvalue weighted by Gasteiger charge is -2.05. The van der Waals surface area contributed by atoms with E-state index in [-0.39, 0.29) is 23.7 Å². The van der Waals surface area contributed by atoms with Crippen molar-refractivity contribution in [1.29, 1.82) is 0 Å². The predicted molar refractivity (Wildman–Crippen MR) is 67.6 cm³/mol. The summed E-state index contributed by atoms with van der Waals surface area (Å²) < 4.78 is 0. The monoisotopic (exact) mass is 231 g/mol. The van der Waals surface area contributed by atoms with Crippen LogP contribution in [0.1, 0.15) is 29.0 Å². The summed E-state index contributed by atoms with van der Waals surface area (Å²) in [5, 5.41) is 0. The van der Waals surface area contributed by atoms with Crippen molar-refractivity contribution in [2.45, 2.75) is 26.2 Å². The maximum absolute atomic E-state index is 11.6. The summed E-state index contributed by atoms with van der Waals surface area (Å²) in [6.45, 7) is 4.12. The lowest BCUT2D eigenvalue weighted by molar-refractivity contribution is -0.119. The molecule has 1 aromatic carbocycles. The van der Waals surface area contributed by atoms with Crippen LogP contribution in [0.5, 0.6) is 0 Å². The van der Waals surface area contributed by atoms with Gasteiger partial charge in [0.1, 0.15) is 0 Å². The van der Waals surface area contributed by atoms with Crippen LogP contribution in [0.2, 0.25) is 0 Å². The van der Waals surface area contributed by atoms with Gasteiger partial charge in [-0.25, -0.2) is 0 Å². The molecule has 0 spiro atoms. The Bertz CT molecular complexity index is 489. The number of nitrogens with two attached hydrogens (primary N) is 2. The molecule has 0 saturated heterocycles. The Morgan fingerprint density at radius 3 is 2.71 bits per heavy atom. The van der Waals surface area contributed by atoms with Gasteiger partial charge in [-0.05, 0) is 37.3 Å². The number of carbonyl (C=O) groups excluding carboxylic acids is 1. The molecule has 1 aromatic rings. The Labute approximate surface area is 101 Å². The number of guanidine groups is 1. The molecule has 1 fully saturated rings. The number of rotatable bonds is 2. The van der Waals surface area contributed by atoms with E-state index in [1.54, 1.807) is 0 Å². The molecule has 1 aliphatic carbocycles. The summed E-state index contributed by atoms with van der Waals surface area (Å²) in [5.74, 6) is -0.111. The summed E-state index contributed by atoms with van der Waals surface area (Å²) >= 11 is 0. The fraction of sp³-hybridized carbons (Fsp3) is 0.385. The SMILES string of the molecule is Cc1ccc(C)c([C@H]2CC2C(=O)N=C(N)N)c1. The number of amides is 1. The number of hydrogen-bond acceptors (Lipinski definition) is 1. The Morgan fingerprint density at radius 1 is 1.35 bits per heavy atom. The molecule has 0 bridgehead atoms. The van der Waals surface area contributed by atoms with E-state index >= 15 is 0 Å². The Balaban J connectivity index is 2.15. The van der Waals surface area contributed by atoms with Gasteiger partial charge in [-0.2, -0.15) is 4.99 Å². The summed E-state index contributed by atoms with van der Waals surface area (Å²) in [7, 11) is 0. The largest absolute Gasteiger partial charge is 0.370 e. The van der Waals surface area contributed by atoms with Crippen LogP contribution in [0.15, 0.2) is 23.2 Å². The summed E-state index contributed by atoms with van der Waals surface area (Å²) in [4.78, 5) is 15.2. The highest BCUT2D eigenvalue weighted by molar-refractivity contribution is 5.94. The quantitative estimate of drug-likeness (QED) is 0.593. The first-order chi connectivity index (χ1) is 7.99. The van der Waals surface area contributed by atoms with Gasteiger partial charge in [0.25, 0.3) is 5.91 Å². The Kier molecular flexibility index (Phi) is 2.88. The molecule has 4 nitrogen and oxygen atoms in total. The van der Waals surface area contributed by atoms with E-state index < -0.39 is 0 Å². The zero-order valence-corrected chi connectivity index (χ0v) is 10.1. The Morgan fingerprint density at radius 2 is 2.06 bits per heavy atom. The highest BCUT2D eigenvalue weighted by Gasteiger charge is 2.44. The van der Waals surface area contributed by atoms with Crippen molar-refractivity contribution in [3.8, 4) is 0 Å². The smallest absolute Gasteiger partial charge is 0.252 e. The first-order valence-electron chi connectivity index (χ1n) is 5.69. The minimum atomic E-state index is -0.198. The van der Waals surface area contributed by atoms with Gasteiger partial charge in [-0.3, -0.25) is 4.79 Å². The Hall–Kier alpha value is -1.84. The second-order valence-electron chi connectivity index (χ2n) is 4.68. The topological polar surface area (TPSA) is 81.5 Å². The molecular weight excluding hydrogens is 214 g/mol. The highest BCUT2D eigenvalue weighted by atomic mass is 16.1. The maximum Gasteiger partial charge on any atom is 0.252 e. The number of carbonyl (C=O) groups is 1. The first-order valence-corrected chi connectivity index (χ1v) is 5.69. The molecule has 2 atom stereocenters. The molecular formula is C13H17N3O. The van der Waals surface area contributed by atoms with Crippen molar-refractivity contribution >= 4 is 11.9 Å². The average Bonchev–Trinajstić information content (AvgIpc) is 3.00. The van der Waals surface area contributed by atoms with Gasteiger partial charge in [-0.15, -0.1) is 0 Å². The standard InChI is InChI=1S/C13H17N3O/c1-7-3-4-8(2)9(5-7)10-6-11(10)12(17)16-13(14)15/h3-5,10-11H,6H2,1-2H3,(H4,14,15,16,17)/t10-,11?/m1/s1. The lowest BCUT2D eigenvalue weighted by atomic mass is 10.0. The van der Waals surface area contributed by atoms with E-state index in [4.69, 9.17) is 11.5 Å². The summed E-state index contributed by atoms with van der Waals surface area (Å²) in [6, 6.07) is 6.31. The van der Waals surface area contributed by atoms with Gasteiger partial charge in [0, 0.05) is 5.92 Å². The number of nitrogens with zero attached hydrogens (tertiary/aromatic N) is 1. The van der Waals surface area contributed by atoms with E-state index in [9.17, 15) is 4.79 Å². The van der Waals surface area contributed by atoms with E-state index in [0.717, 1.165) is 6.42 Å². The van der Waals surface area contributed by atoms with Crippen LogP contribution in [0, 0.1) is 19.8 Å². The zero-order valence-electron chi connectivity index (χ0n) is 10.1. The second kappa shape index (κ2) is 4.20. The molecule has 4 N–H and O–H groups in total. The molecule has 4 heteroatoms. The van der Waals surface area contributed by atoms with E-state index in [1.807, 2.05) is 0 Å². The molecule has 0 radical (unpaired) electrons. The molecule has 1 amide bonds. The van der Waals surface area contributed by atoms with Gasteiger partial charge < -0.3 is 11.5 Å². The van der Waals surface area contributed by atoms with Crippen LogP contribution in [0.4, 0.5) is 0 Å². The fourth-order valence-electron chi connectivity index (χ4n) is 2.18. The minimum Gasteiger partial charge on any atom is -0.370 e. The van der Waals surface area contributed by atoms with Crippen molar-refractivity contribution in [3.05, 3.63) is 34.9 Å². The summed E-state index contributed by atoms with van der Waals surface area (Å²) in [5.41, 5.74) is 14.1. The van der Waals surface area contributed by atoms with Crippen molar-refractivity contribution in [2.24, 2.45) is 22.4 Å². The van der Waals surface area contributed by atoms with Crippen LogP contribution in [-0.2, 0) is 4.79 Å². The molecule has 1 unspecified atom stereocenters. The van der Waals surface area contributed by atoms with Gasteiger partial charge in [0.05, 0.1) is 0 Å². The summed E-state index contributed by atoms with van der Waals surface area (Å²) in [6.07, 6.45) is 0.847. The van der Waals surface area contributed by atoms with Crippen LogP contribution in [0.3, 0.4) is 0 Å². The van der Waals surface area contributed by atoms with Crippen LogP contribution < -0.4 is 11.5 Å². The van der Waals surface area contributed by atoms with Crippen LogP contribution in [0.25, 0.3) is 0 Å². The van der Waals surface area contributed by atoms with E-state index in [1.165, 1.54) is 16.7 Å². The van der Waals surface area contributed by atoms with Crippen molar-refractivity contribution < 1.29 is 4.79 Å². The number of benzene rings is 1. The third-order valence-corrected chi connectivity index (χ3v) is 3.18. The molecule has 1 aliphatic rings. The average molecular weight is 231 g/mol. The molecule has 2 rings (SSSR count). The lowest BCUT2D eigenvalue weighted by Crippen LogP contribution is -2.24. The third-order valence-electron chi connectivity index (χ3n) is 3.18. The number of aryl methyl sites for hydroxylation is 2. The third kappa shape index (κ3) is 2.46. The van der Waals surface area contributed by atoms with Crippen LogP contribution in [-0.4, -0.2) is 11.9 Å². The van der Waals surface area contributed by atoms with Gasteiger partial charge >= 0.3 is 0 Å². The molecule has 17 heavy (non-hydrogen) atoms. The molecule has 90 valence electrons. The first kappa shape index (κ1) is 11.6. The molecule has 0 heterocycles. The van der Waals surface area contributed by atoms with Crippen molar-refractivity contribution in [1.82, 2.24) is 0 Å². The minimum absolute atomic E-state index is 0.0439. The molecule has 0 aromatic heterocycles. The number of hydrogen-bond donors (Lipinski definition) is 2. The van der Waals surface area contributed by atoms with Gasteiger partial charge in [0.2, 0.25) is 0 Å². The molecule has 1 saturated carbocycles. The van der Waals surface area contributed by atoms with E-state index in [0.29, 0.717) is 0 Å². The normalized spacial score (nSPS) is 22.0. The van der Waals surface area contributed by atoms with Crippen molar-refractivity contribution in [3.63, 3.8) is 0 Å². The molecule has 0 aliphatic heterocycles. The highest BCUT2D eigenvalue weighted by Crippen LogP contribution is 2.49. The predicted octanol–water partition coefficient (Wildman–Crippen LogP) is 1.21. The van der Waals surface area contributed by atoms with Gasteiger partial charge in [0.15, 0.2) is 5.96 Å². The van der Waals surface area contributed by atoms with Crippen molar-refractivity contribution in [2.75, 3.05) is 0 Å². The maximum atomic E-state index is 11.6. The fourth-order valence-corrected chi connectivity index (χ4v) is 2.18.